The van der Waals surface area contributed by atoms with Gasteiger partial charge in [0.25, 0.3) is 5.56 Å². The number of nitrogens with zero attached hydrogens (tertiary/aromatic N) is 1. The first-order chi connectivity index (χ1) is 8.54. The number of halogens is 1. The average molecular weight is 368 g/mol. The van der Waals surface area contributed by atoms with Gasteiger partial charge in [0.15, 0.2) is 6.23 Å². The van der Waals surface area contributed by atoms with Crippen LogP contribution in [0.5, 0.6) is 0 Å². The highest BCUT2D eigenvalue weighted by Crippen LogP contribution is 2.33. The van der Waals surface area contributed by atoms with Crippen LogP contribution in [-0.4, -0.2) is 44.5 Å². The van der Waals surface area contributed by atoms with Crippen molar-refractivity contribution < 1.29 is 14.6 Å². The van der Waals surface area contributed by atoms with Crippen LogP contribution in [0, 0.1) is 0 Å². The van der Waals surface area contributed by atoms with E-state index < -0.39 is 23.6 Å². The molecule has 8 heteroatoms. The normalized spacial score (nSPS) is 31.7. The fourth-order valence-electron chi connectivity index (χ4n) is 1.87. The Hall–Kier alpha value is -0.710. The SMILES string of the molecule is COC[C@H]1O[C@@H](n2ccc(=O)[nH]c2=O)[C@H](O)[C@@H]1I. The second-order valence-corrected chi connectivity index (χ2v) is 5.41. The molecule has 1 aliphatic heterocycles. The molecule has 1 saturated heterocycles. The van der Waals surface area contributed by atoms with Gasteiger partial charge in [0, 0.05) is 19.4 Å². The highest BCUT2D eigenvalue weighted by atomic mass is 127. The van der Waals surface area contributed by atoms with Gasteiger partial charge in [-0.3, -0.25) is 14.3 Å². The summed E-state index contributed by atoms with van der Waals surface area (Å²) < 4.78 is 11.6. The van der Waals surface area contributed by atoms with Crippen LogP contribution in [0.3, 0.4) is 0 Å². The number of aliphatic hydroxyl groups excluding tert-OH is 1. The van der Waals surface area contributed by atoms with Crippen LogP contribution < -0.4 is 11.2 Å². The third-order valence-electron chi connectivity index (χ3n) is 2.74. The first-order valence-electron chi connectivity index (χ1n) is 5.32. The fourth-order valence-corrected chi connectivity index (χ4v) is 2.60. The largest absolute Gasteiger partial charge is 0.387 e. The summed E-state index contributed by atoms with van der Waals surface area (Å²) in [7, 11) is 1.54. The Morgan fingerprint density at radius 2 is 2.33 bits per heavy atom. The number of aromatic amines is 1. The van der Waals surface area contributed by atoms with E-state index in [4.69, 9.17) is 9.47 Å². The van der Waals surface area contributed by atoms with E-state index in [1.807, 2.05) is 0 Å². The number of hydrogen-bond acceptors (Lipinski definition) is 5. The van der Waals surface area contributed by atoms with Gasteiger partial charge in [-0.05, 0) is 0 Å². The quantitative estimate of drug-likeness (QED) is 0.541. The maximum atomic E-state index is 11.6. The van der Waals surface area contributed by atoms with Gasteiger partial charge >= 0.3 is 5.69 Å². The summed E-state index contributed by atoms with van der Waals surface area (Å²) in [5, 5.41) is 10.1. The Labute approximate surface area is 116 Å². The Morgan fingerprint density at radius 1 is 1.61 bits per heavy atom. The van der Waals surface area contributed by atoms with Gasteiger partial charge in [0.2, 0.25) is 0 Å². The van der Waals surface area contributed by atoms with Crippen LogP contribution >= 0.6 is 22.6 Å². The number of aliphatic hydroxyl groups is 1. The Balaban J connectivity index is 2.29. The van der Waals surface area contributed by atoms with E-state index >= 15 is 0 Å². The molecule has 0 spiro atoms. The van der Waals surface area contributed by atoms with Gasteiger partial charge in [0.1, 0.15) is 6.10 Å². The summed E-state index contributed by atoms with van der Waals surface area (Å²) in [4.78, 5) is 24.7. The zero-order chi connectivity index (χ0) is 13.3. The standard InChI is InChI=1S/C10H13IN2O5/c1-17-4-5-7(11)8(15)9(18-5)13-3-2-6(14)12-10(13)16/h2-3,5,7-9,15H,4H2,1H3,(H,12,14,16)/t5-,7-,8-,9-/m1/s1. The van der Waals surface area contributed by atoms with Gasteiger partial charge in [-0.1, -0.05) is 22.6 Å². The Bertz CT molecular complexity index is 527. The van der Waals surface area contributed by atoms with E-state index in [1.165, 1.54) is 16.8 Å². The van der Waals surface area contributed by atoms with Crippen molar-refractivity contribution in [1.29, 1.82) is 0 Å². The molecule has 4 atom stereocenters. The summed E-state index contributed by atoms with van der Waals surface area (Å²) in [5.74, 6) is 0. The van der Waals surface area contributed by atoms with Crippen molar-refractivity contribution in [2.24, 2.45) is 0 Å². The molecule has 1 aromatic heterocycles. The summed E-state index contributed by atoms with van der Waals surface area (Å²) in [6, 6.07) is 1.21. The minimum Gasteiger partial charge on any atom is -0.387 e. The lowest BCUT2D eigenvalue weighted by atomic mass is 10.2. The minimum absolute atomic E-state index is 0.189. The lowest BCUT2D eigenvalue weighted by Crippen LogP contribution is -2.36. The van der Waals surface area contributed by atoms with E-state index in [0.717, 1.165) is 0 Å². The fraction of sp³-hybridized carbons (Fsp3) is 0.600. The molecule has 0 radical (unpaired) electrons. The molecule has 100 valence electrons. The molecule has 0 aliphatic carbocycles. The molecule has 7 nitrogen and oxygen atoms in total. The molecule has 0 amide bonds. The molecular formula is C10H13IN2O5. The molecule has 18 heavy (non-hydrogen) atoms. The number of ether oxygens (including phenoxy) is 2. The van der Waals surface area contributed by atoms with E-state index in [1.54, 1.807) is 7.11 Å². The predicted octanol–water partition coefficient (Wildman–Crippen LogP) is -0.755. The molecule has 1 aromatic rings. The minimum atomic E-state index is -0.839. The molecule has 2 N–H and O–H groups in total. The van der Waals surface area contributed by atoms with Crippen LogP contribution in [0.2, 0.25) is 0 Å². The van der Waals surface area contributed by atoms with E-state index in [0.29, 0.717) is 6.61 Å². The van der Waals surface area contributed by atoms with Crippen molar-refractivity contribution >= 4 is 22.6 Å². The molecule has 1 aliphatic rings. The van der Waals surface area contributed by atoms with Crippen LogP contribution in [0.25, 0.3) is 0 Å². The maximum Gasteiger partial charge on any atom is 0.330 e. The smallest absolute Gasteiger partial charge is 0.330 e. The number of alkyl halides is 1. The van der Waals surface area contributed by atoms with E-state index in [-0.39, 0.29) is 10.0 Å². The van der Waals surface area contributed by atoms with Crippen molar-refractivity contribution in [3.63, 3.8) is 0 Å². The molecule has 0 aromatic carbocycles. The van der Waals surface area contributed by atoms with Crippen LogP contribution in [0.15, 0.2) is 21.9 Å². The van der Waals surface area contributed by atoms with Crippen LogP contribution in [0.1, 0.15) is 6.23 Å². The van der Waals surface area contributed by atoms with E-state index in [9.17, 15) is 14.7 Å². The van der Waals surface area contributed by atoms with Gasteiger partial charge in [-0.2, -0.15) is 0 Å². The predicted molar refractivity (Wildman–Crippen MR) is 70.9 cm³/mol. The van der Waals surface area contributed by atoms with E-state index in [2.05, 4.69) is 27.6 Å². The highest BCUT2D eigenvalue weighted by molar-refractivity contribution is 14.1. The lowest BCUT2D eigenvalue weighted by Gasteiger charge is -2.16. The topological polar surface area (TPSA) is 93.5 Å². The number of rotatable bonds is 3. The molecule has 2 heterocycles. The second-order valence-electron chi connectivity index (χ2n) is 3.97. The van der Waals surface area contributed by atoms with Crippen LogP contribution in [0.4, 0.5) is 0 Å². The summed E-state index contributed by atoms with van der Waals surface area (Å²) in [6.45, 7) is 0.333. The number of methoxy groups -OCH3 is 1. The lowest BCUT2D eigenvalue weighted by molar-refractivity contribution is -0.0580. The molecule has 0 saturated carbocycles. The number of nitrogens with one attached hydrogen (secondary N) is 1. The number of hydrogen-bond donors (Lipinski definition) is 2. The average Bonchev–Trinajstić information content (AvgIpc) is 2.58. The molecule has 0 bridgehead atoms. The van der Waals surface area contributed by atoms with Crippen molar-refractivity contribution in [3.05, 3.63) is 33.1 Å². The number of H-pyrrole nitrogens is 1. The maximum absolute atomic E-state index is 11.6. The second kappa shape index (κ2) is 5.51. The monoisotopic (exact) mass is 368 g/mol. The first kappa shape index (κ1) is 13.7. The van der Waals surface area contributed by atoms with Gasteiger partial charge in [0.05, 0.1) is 16.6 Å². The summed E-state index contributed by atoms with van der Waals surface area (Å²) in [5.41, 5.74) is -1.09. The molecule has 0 unspecified atom stereocenters. The zero-order valence-corrected chi connectivity index (χ0v) is 11.7. The highest BCUT2D eigenvalue weighted by Gasteiger charge is 2.43. The first-order valence-corrected chi connectivity index (χ1v) is 6.57. The molecule has 1 fully saturated rings. The Morgan fingerprint density at radius 3 is 2.94 bits per heavy atom. The van der Waals surface area contributed by atoms with Crippen molar-refractivity contribution in [3.8, 4) is 0 Å². The van der Waals surface area contributed by atoms with Crippen molar-refractivity contribution in [2.75, 3.05) is 13.7 Å². The van der Waals surface area contributed by atoms with Gasteiger partial charge in [-0.15, -0.1) is 0 Å². The van der Waals surface area contributed by atoms with Gasteiger partial charge < -0.3 is 14.6 Å². The third-order valence-corrected chi connectivity index (χ3v) is 4.28. The molecule has 2 rings (SSSR count). The third kappa shape index (κ3) is 2.51. The molecular weight excluding hydrogens is 355 g/mol. The zero-order valence-electron chi connectivity index (χ0n) is 9.58. The number of aromatic nitrogens is 2. The van der Waals surface area contributed by atoms with Gasteiger partial charge in [-0.25, -0.2) is 4.79 Å². The summed E-state index contributed by atoms with van der Waals surface area (Å²) in [6.07, 6.45) is -0.631. The van der Waals surface area contributed by atoms with Crippen LogP contribution in [-0.2, 0) is 9.47 Å². The van der Waals surface area contributed by atoms with Crippen molar-refractivity contribution in [1.82, 2.24) is 9.55 Å². The van der Waals surface area contributed by atoms with Crippen molar-refractivity contribution in [2.45, 2.75) is 22.4 Å². The Kier molecular flexibility index (Phi) is 4.20. The summed E-state index contributed by atoms with van der Waals surface area (Å²) >= 11 is 2.06.